The molecule has 1 aliphatic heterocycles. The first kappa shape index (κ1) is 14.8. The van der Waals surface area contributed by atoms with Gasteiger partial charge in [-0.2, -0.15) is 0 Å². The monoisotopic (exact) mass is 296 g/mol. The number of ether oxygens (including phenoxy) is 1. The Labute approximate surface area is 122 Å². The number of carbonyl (C=O) groups is 2. The lowest BCUT2D eigenvalue weighted by Gasteiger charge is -2.30. The smallest absolute Gasteiger partial charge is 0.309 e. The number of piperidine rings is 1. The van der Waals surface area contributed by atoms with E-state index in [9.17, 15) is 9.59 Å². The maximum atomic E-state index is 12.3. The number of esters is 1. The average molecular weight is 297 g/mol. The van der Waals surface area contributed by atoms with Crippen molar-refractivity contribution in [3.63, 3.8) is 0 Å². The molecule has 0 aromatic carbocycles. The number of halogens is 1. The SMILES string of the molecule is CCOC(=O)C1CCN(C(=O)c2ccnc(Cl)c2)CC1. The topological polar surface area (TPSA) is 59.5 Å². The van der Waals surface area contributed by atoms with Gasteiger partial charge in [-0.05, 0) is 31.9 Å². The molecule has 1 fully saturated rings. The molecule has 6 heteroatoms. The Morgan fingerprint density at radius 2 is 2.15 bits per heavy atom. The van der Waals surface area contributed by atoms with Crippen LogP contribution >= 0.6 is 11.6 Å². The van der Waals surface area contributed by atoms with Crippen molar-refractivity contribution >= 4 is 23.5 Å². The Morgan fingerprint density at radius 3 is 2.75 bits per heavy atom. The second-order valence-electron chi connectivity index (χ2n) is 4.69. The van der Waals surface area contributed by atoms with Crippen molar-refractivity contribution in [3.8, 4) is 0 Å². The molecule has 2 rings (SSSR count). The van der Waals surface area contributed by atoms with Crippen LogP contribution in [-0.4, -0.2) is 41.5 Å². The summed E-state index contributed by atoms with van der Waals surface area (Å²) < 4.78 is 5.01. The molecule has 1 amide bonds. The van der Waals surface area contributed by atoms with E-state index >= 15 is 0 Å². The molecule has 1 aromatic rings. The average Bonchev–Trinajstić information content (AvgIpc) is 2.47. The molecular weight excluding hydrogens is 280 g/mol. The second-order valence-corrected chi connectivity index (χ2v) is 5.07. The van der Waals surface area contributed by atoms with E-state index in [-0.39, 0.29) is 17.8 Å². The zero-order valence-corrected chi connectivity index (χ0v) is 12.1. The Balaban J connectivity index is 1.93. The molecule has 1 aromatic heterocycles. The van der Waals surface area contributed by atoms with Crippen LogP contribution in [0.2, 0.25) is 5.15 Å². The van der Waals surface area contributed by atoms with Gasteiger partial charge in [-0.15, -0.1) is 0 Å². The molecule has 20 heavy (non-hydrogen) atoms. The Kier molecular flexibility index (Phi) is 4.95. The fraction of sp³-hybridized carbons (Fsp3) is 0.500. The first-order valence-electron chi connectivity index (χ1n) is 6.69. The highest BCUT2D eigenvalue weighted by atomic mass is 35.5. The summed E-state index contributed by atoms with van der Waals surface area (Å²) in [6.07, 6.45) is 2.80. The molecule has 0 N–H and O–H groups in total. The second kappa shape index (κ2) is 6.70. The molecule has 0 atom stereocenters. The Bertz CT molecular complexity index is 499. The molecule has 1 aliphatic rings. The number of aromatic nitrogens is 1. The molecule has 5 nitrogen and oxygen atoms in total. The number of carbonyl (C=O) groups excluding carboxylic acids is 2. The van der Waals surface area contributed by atoms with Gasteiger partial charge < -0.3 is 9.64 Å². The highest BCUT2D eigenvalue weighted by Gasteiger charge is 2.28. The minimum atomic E-state index is -0.161. The van der Waals surface area contributed by atoms with Crippen LogP contribution in [0.15, 0.2) is 18.3 Å². The molecule has 0 spiro atoms. The summed E-state index contributed by atoms with van der Waals surface area (Å²) in [4.78, 5) is 29.5. The van der Waals surface area contributed by atoms with Crippen molar-refractivity contribution in [3.05, 3.63) is 29.0 Å². The largest absolute Gasteiger partial charge is 0.466 e. The lowest BCUT2D eigenvalue weighted by Crippen LogP contribution is -2.40. The lowest BCUT2D eigenvalue weighted by molar-refractivity contribution is -0.149. The van der Waals surface area contributed by atoms with Gasteiger partial charge in [0.2, 0.25) is 0 Å². The van der Waals surface area contributed by atoms with Crippen molar-refractivity contribution < 1.29 is 14.3 Å². The summed E-state index contributed by atoms with van der Waals surface area (Å²) in [6.45, 7) is 3.31. The van der Waals surface area contributed by atoms with E-state index in [2.05, 4.69) is 4.98 Å². The molecule has 2 heterocycles. The predicted octanol–water partition coefficient (Wildman–Crippen LogP) is 2.15. The number of amides is 1. The van der Waals surface area contributed by atoms with Crippen molar-refractivity contribution in [2.24, 2.45) is 5.92 Å². The van der Waals surface area contributed by atoms with Crippen molar-refractivity contribution in [1.29, 1.82) is 0 Å². The molecule has 0 radical (unpaired) electrons. The number of rotatable bonds is 3. The van der Waals surface area contributed by atoms with Crippen LogP contribution in [0.25, 0.3) is 0 Å². The number of nitrogens with zero attached hydrogens (tertiary/aromatic N) is 2. The van der Waals surface area contributed by atoms with Gasteiger partial charge >= 0.3 is 5.97 Å². The molecule has 0 saturated carbocycles. The van der Waals surface area contributed by atoms with Gasteiger partial charge in [0, 0.05) is 24.8 Å². The van der Waals surface area contributed by atoms with Gasteiger partial charge in [-0.25, -0.2) is 4.98 Å². The van der Waals surface area contributed by atoms with Gasteiger partial charge in [0.15, 0.2) is 0 Å². The summed E-state index contributed by atoms with van der Waals surface area (Å²) >= 11 is 5.78. The van der Waals surface area contributed by atoms with Crippen LogP contribution in [0, 0.1) is 5.92 Å². The quantitative estimate of drug-likeness (QED) is 0.633. The fourth-order valence-electron chi connectivity index (χ4n) is 2.30. The first-order chi connectivity index (χ1) is 9.61. The summed E-state index contributed by atoms with van der Waals surface area (Å²) in [6, 6.07) is 3.20. The number of pyridine rings is 1. The van der Waals surface area contributed by atoms with Gasteiger partial charge in [0.1, 0.15) is 5.15 Å². The van der Waals surface area contributed by atoms with Crippen LogP contribution in [0.3, 0.4) is 0 Å². The lowest BCUT2D eigenvalue weighted by atomic mass is 9.96. The van der Waals surface area contributed by atoms with Crippen molar-refractivity contribution in [1.82, 2.24) is 9.88 Å². The maximum Gasteiger partial charge on any atom is 0.309 e. The van der Waals surface area contributed by atoms with Gasteiger partial charge in [-0.3, -0.25) is 9.59 Å². The van der Waals surface area contributed by atoms with E-state index in [0.717, 1.165) is 0 Å². The van der Waals surface area contributed by atoms with Crippen LogP contribution in [0.1, 0.15) is 30.1 Å². The van der Waals surface area contributed by atoms with E-state index in [0.29, 0.717) is 43.3 Å². The first-order valence-corrected chi connectivity index (χ1v) is 7.07. The van der Waals surface area contributed by atoms with E-state index in [1.165, 1.54) is 6.20 Å². The zero-order valence-electron chi connectivity index (χ0n) is 11.3. The normalized spacial score (nSPS) is 16.0. The van der Waals surface area contributed by atoms with E-state index in [1.54, 1.807) is 24.0 Å². The molecule has 0 aliphatic carbocycles. The van der Waals surface area contributed by atoms with Crippen LogP contribution in [0.5, 0.6) is 0 Å². The van der Waals surface area contributed by atoms with Gasteiger partial charge in [-0.1, -0.05) is 11.6 Å². The number of hydrogen-bond acceptors (Lipinski definition) is 4. The summed E-state index contributed by atoms with van der Waals surface area (Å²) in [7, 11) is 0. The predicted molar refractivity (Wildman–Crippen MR) is 74.5 cm³/mol. The highest BCUT2D eigenvalue weighted by Crippen LogP contribution is 2.20. The van der Waals surface area contributed by atoms with E-state index in [4.69, 9.17) is 16.3 Å². The maximum absolute atomic E-state index is 12.3. The fourth-order valence-corrected chi connectivity index (χ4v) is 2.47. The minimum Gasteiger partial charge on any atom is -0.466 e. The third-order valence-corrected chi connectivity index (χ3v) is 3.58. The minimum absolute atomic E-state index is 0.0726. The molecule has 0 bridgehead atoms. The van der Waals surface area contributed by atoms with E-state index < -0.39 is 0 Å². The molecule has 0 unspecified atom stereocenters. The highest BCUT2D eigenvalue weighted by molar-refractivity contribution is 6.29. The van der Waals surface area contributed by atoms with Crippen LogP contribution in [-0.2, 0) is 9.53 Å². The number of likely N-dealkylation sites (tertiary alicyclic amines) is 1. The van der Waals surface area contributed by atoms with Gasteiger partial charge in [0.05, 0.1) is 12.5 Å². The summed E-state index contributed by atoms with van der Waals surface area (Å²) in [5.74, 6) is -0.330. The Hall–Kier alpha value is -1.62. The molecule has 1 saturated heterocycles. The summed E-state index contributed by atoms with van der Waals surface area (Å²) in [5.41, 5.74) is 0.527. The molecule has 108 valence electrons. The van der Waals surface area contributed by atoms with Crippen molar-refractivity contribution in [2.75, 3.05) is 19.7 Å². The standard InChI is InChI=1S/C14H17ClN2O3/c1-2-20-14(19)10-4-7-17(8-5-10)13(18)11-3-6-16-12(15)9-11/h3,6,9-10H,2,4-5,7-8H2,1H3. The van der Waals surface area contributed by atoms with Crippen LogP contribution in [0.4, 0.5) is 0 Å². The van der Waals surface area contributed by atoms with E-state index in [1.807, 2.05) is 0 Å². The summed E-state index contributed by atoms with van der Waals surface area (Å²) in [5, 5.41) is 0.303. The third kappa shape index (κ3) is 3.48. The zero-order chi connectivity index (χ0) is 14.5. The third-order valence-electron chi connectivity index (χ3n) is 3.38. The number of hydrogen-bond donors (Lipinski definition) is 0. The Morgan fingerprint density at radius 1 is 1.45 bits per heavy atom. The van der Waals surface area contributed by atoms with Gasteiger partial charge in [0.25, 0.3) is 5.91 Å². The van der Waals surface area contributed by atoms with Crippen molar-refractivity contribution in [2.45, 2.75) is 19.8 Å². The van der Waals surface area contributed by atoms with Crippen LogP contribution < -0.4 is 0 Å². The molecular formula is C14H17ClN2O3.